The molecule has 19 heavy (non-hydrogen) atoms. The monoisotopic (exact) mass is 262 g/mol. The average molecular weight is 262 g/mol. The summed E-state index contributed by atoms with van der Waals surface area (Å²) < 4.78 is 10.7. The fourth-order valence-corrected chi connectivity index (χ4v) is 1.78. The van der Waals surface area contributed by atoms with Crippen molar-refractivity contribution in [3.8, 4) is 17.6 Å². The van der Waals surface area contributed by atoms with E-state index in [-0.39, 0.29) is 0 Å². The van der Waals surface area contributed by atoms with Crippen molar-refractivity contribution in [3.05, 3.63) is 23.3 Å². The van der Waals surface area contributed by atoms with Crippen molar-refractivity contribution < 1.29 is 9.47 Å². The molecule has 0 amide bonds. The molecule has 0 atom stereocenters. The second-order valence-corrected chi connectivity index (χ2v) is 5.16. The van der Waals surface area contributed by atoms with Gasteiger partial charge in [0.05, 0.1) is 20.3 Å². The normalized spacial score (nSPS) is 11.3. The maximum atomic E-state index is 9.17. The Morgan fingerprint density at radius 1 is 1.21 bits per heavy atom. The number of nitriles is 1. The molecule has 0 aliphatic rings. The van der Waals surface area contributed by atoms with Gasteiger partial charge in [-0.2, -0.15) is 5.26 Å². The van der Waals surface area contributed by atoms with E-state index >= 15 is 0 Å². The molecule has 4 nitrogen and oxygen atoms in total. The first-order valence-corrected chi connectivity index (χ1v) is 6.19. The standard InChI is InChI=1S/C15H22N2O2/c1-11-7-14(19-6)12(8-13(11)18-5)9-17(4)15(2,3)10-16/h7-8H,9H2,1-6H3. The molecule has 0 bridgehead atoms. The molecule has 0 unspecified atom stereocenters. The average Bonchev–Trinajstić information content (AvgIpc) is 2.39. The van der Waals surface area contributed by atoms with Gasteiger partial charge in [-0.3, -0.25) is 4.90 Å². The highest BCUT2D eigenvalue weighted by Crippen LogP contribution is 2.30. The van der Waals surface area contributed by atoms with Crippen molar-refractivity contribution in [3.63, 3.8) is 0 Å². The van der Waals surface area contributed by atoms with Gasteiger partial charge in [0.25, 0.3) is 0 Å². The Morgan fingerprint density at radius 3 is 2.26 bits per heavy atom. The molecule has 0 N–H and O–H groups in total. The molecule has 0 radical (unpaired) electrons. The lowest BCUT2D eigenvalue weighted by Gasteiger charge is -2.29. The highest BCUT2D eigenvalue weighted by molar-refractivity contribution is 5.46. The van der Waals surface area contributed by atoms with Crippen LogP contribution in [0.4, 0.5) is 0 Å². The van der Waals surface area contributed by atoms with Gasteiger partial charge in [0.15, 0.2) is 0 Å². The number of hydrogen-bond acceptors (Lipinski definition) is 4. The summed E-state index contributed by atoms with van der Waals surface area (Å²) in [6.45, 7) is 6.39. The fourth-order valence-electron chi connectivity index (χ4n) is 1.78. The molecule has 1 aromatic carbocycles. The smallest absolute Gasteiger partial charge is 0.123 e. The van der Waals surface area contributed by atoms with E-state index in [4.69, 9.17) is 14.7 Å². The van der Waals surface area contributed by atoms with E-state index in [2.05, 4.69) is 6.07 Å². The van der Waals surface area contributed by atoms with Crippen LogP contribution >= 0.6 is 0 Å². The van der Waals surface area contributed by atoms with E-state index in [1.54, 1.807) is 14.2 Å². The second-order valence-electron chi connectivity index (χ2n) is 5.16. The van der Waals surface area contributed by atoms with Crippen molar-refractivity contribution >= 4 is 0 Å². The summed E-state index contributed by atoms with van der Waals surface area (Å²) in [5.41, 5.74) is 1.52. The Bertz CT molecular complexity index is 490. The van der Waals surface area contributed by atoms with E-state index in [0.29, 0.717) is 6.54 Å². The minimum Gasteiger partial charge on any atom is -0.496 e. The Morgan fingerprint density at radius 2 is 1.79 bits per heavy atom. The molecule has 0 heterocycles. The van der Waals surface area contributed by atoms with Gasteiger partial charge < -0.3 is 9.47 Å². The molecular formula is C15H22N2O2. The number of hydrogen-bond donors (Lipinski definition) is 0. The van der Waals surface area contributed by atoms with Gasteiger partial charge in [-0.05, 0) is 45.5 Å². The van der Waals surface area contributed by atoms with E-state index < -0.39 is 5.54 Å². The molecule has 4 heteroatoms. The topological polar surface area (TPSA) is 45.5 Å². The van der Waals surface area contributed by atoms with Gasteiger partial charge >= 0.3 is 0 Å². The van der Waals surface area contributed by atoms with Gasteiger partial charge in [-0.25, -0.2) is 0 Å². The summed E-state index contributed by atoms with van der Waals surface area (Å²) >= 11 is 0. The summed E-state index contributed by atoms with van der Waals surface area (Å²) in [7, 11) is 5.23. The summed E-state index contributed by atoms with van der Waals surface area (Å²) in [5.74, 6) is 1.65. The van der Waals surface area contributed by atoms with E-state index in [0.717, 1.165) is 22.6 Å². The molecule has 0 saturated heterocycles. The van der Waals surface area contributed by atoms with E-state index in [1.807, 2.05) is 44.9 Å². The minimum atomic E-state index is -0.525. The molecule has 0 fully saturated rings. The van der Waals surface area contributed by atoms with Crippen molar-refractivity contribution in [2.45, 2.75) is 32.9 Å². The highest BCUT2D eigenvalue weighted by atomic mass is 16.5. The van der Waals surface area contributed by atoms with Crippen LogP contribution in [0.1, 0.15) is 25.0 Å². The lowest BCUT2D eigenvalue weighted by Crippen LogP contribution is -2.39. The maximum absolute atomic E-state index is 9.17. The SMILES string of the molecule is COc1cc(CN(C)C(C)(C)C#N)c(OC)cc1C. The number of rotatable bonds is 5. The zero-order valence-corrected chi connectivity index (χ0v) is 12.6. The van der Waals surface area contributed by atoms with Gasteiger partial charge in [-0.15, -0.1) is 0 Å². The number of aryl methyl sites for hydroxylation is 1. The predicted molar refractivity (Wildman–Crippen MR) is 75.4 cm³/mol. The Hall–Kier alpha value is -1.73. The van der Waals surface area contributed by atoms with Crippen LogP contribution in [-0.2, 0) is 6.54 Å². The summed E-state index contributed by atoms with van der Waals surface area (Å²) in [4.78, 5) is 1.99. The van der Waals surface area contributed by atoms with Crippen molar-refractivity contribution in [2.24, 2.45) is 0 Å². The largest absolute Gasteiger partial charge is 0.496 e. The van der Waals surface area contributed by atoms with Gasteiger partial charge in [0.1, 0.15) is 17.0 Å². The van der Waals surface area contributed by atoms with Crippen molar-refractivity contribution in [1.82, 2.24) is 4.90 Å². The lowest BCUT2D eigenvalue weighted by atomic mass is 10.0. The zero-order chi connectivity index (χ0) is 14.6. The van der Waals surface area contributed by atoms with Crippen LogP contribution in [0.3, 0.4) is 0 Å². The van der Waals surface area contributed by atoms with Crippen LogP contribution in [0.15, 0.2) is 12.1 Å². The first-order valence-electron chi connectivity index (χ1n) is 6.19. The Kier molecular flexibility index (Phi) is 4.79. The maximum Gasteiger partial charge on any atom is 0.123 e. The highest BCUT2D eigenvalue weighted by Gasteiger charge is 2.24. The molecule has 0 aromatic heterocycles. The Labute approximate surface area is 115 Å². The van der Waals surface area contributed by atoms with Crippen LogP contribution in [-0.4, -0.2) is 31.7 Å². The van der Waals surface area contributed by atoms with Crippen molar-refractivity contribution in [1.29, 1.82) is 5.26 Å². The quantitative estimate of drug-likeness (QED) is 0.818. The summed E-state index contributed by atoms with van der Waals surface area (Å²) in [5, 5.41) is 9.17. The molecule has 0 saturated carbocycles. The van der Waals surface area contributed by atoms with Crippen molar-refractivity contribution in [2.75, 3.05) is 21.3 Å². The third-order valence-electron chi connectivity index (χ3n) is 3.43. The lowest BCUT2D eigenvalue weighted by molar-refractivity contribution is 0.200. The van der Waals surface area contributed by atoms with E-state index in [9.17, 15) is 0 Å². The number of ether oxygens (including phenoxy) is 2. The number of nitrogens with zero attached hydrogens (tertiary/aromatic N) is 2. The van der Waals surface area contributed by atoms with Crippen LogP contribution in [0, 0.1) is 18.3 Å². The fraction of sp³-hybridized carbons (Fsp3) is 0.533. The minimum absolute atomic E-state index is 0.525. The first-order chi connectivity index (χ1) is 8.85. The number of benzene rings is 1. The Balaban J connectivity index is 3.10. The van der Waals surface area contributed by atoms with E-state index in [1.165, 1.54) is 0 Å². The van der Waals surface area contributed by atoms with Crippen LogP contribution in [0.5, 0.6) is 11.5 Å². The molecule has 1 rings (SSSR count). The molecular weight excluding hydrogens is 240 g/mol. The third kappa shape index (κ3) is 3.39. The van der Waals surface area contributed by atoms with Crippen LogP contribution in [0.2, 0.25) is 0 Å². The molecule has 0 aliphatic carbocycles. The molecule has 104 valence electrons. The summed E-state index contributed by atoms with van der Waals surface area (Å²) in [6, 6.07) is 6.22. The van der Waals surface area contributed by atoms with Gasteiger partial charge in [0.2, 0.25) is 0 Å². The third-order valence-corrected chi connectivity index (χ3v) is 3.43. The predicted octanol–water partition coefficient (Wildman–Crippen LogP) is 2.75. The summed E-state index contributed by atoms with van der Waals surface area (Å²) in [6.07, 6.45) is 0. The molecule has 0 aliphatic heterocycles. The molecule has 0 spiro atoms. The molecule has 1 aromatic rings. The first kappa shape index (κ1) is 15.3. The van der Waals surface area contributed by atoms with Gasteiger partial charge in [-0.1, -0.05) is 0 Å². The van der Waals surface area contributed by atoms with Crippen LogP contribution in [0.25, 0.3) is 0 Å². The van der Waals surface area contributed by atoms with Crippen LogP contribution < -0.4 is 9.47 Å². The number of methoxy groups -OCH3 is 2. The van der Waals surface area contributed by atoms with Gasteiger partial charge in [0, 0.05) is 12.1 Å². The zero-order valence-electron chi connectivity index (χ0n) is 12.6. The second kappa shape index (κ2) is 5.94.